The number of pyridine rings is 1. The van der Waals surface area contributed by atoms with Gasteiger partial charge in [0.25, 0.3) is 0 Å². The fourth-order valence-corrected chi connectivity index (χ4v) is 1.39. The number of nitrogen functional groups attached to an aromatic ring is 1. The normalized spacial score (nSPS) is 14.3. The lowest BCUT2D eigenvalue weighted by molar-refractivity contribution is -0.384. The SMILES string of the molecule is NCCC(O)C(O)c1cncc([N+](=O)[O-])c1N. The molecular formula is C9H14N4O4. The summed E-state index contributed by atoms with van der Waals surface area (Å²) in [4.78, 5) is 13.5. The van der Waals surface area contributed by atoms with E-state index >= 15 is 0 Å². The van der Waals surface area contributed by atoms with Gasteiger partial charge in [-0.05, 0) is 13.0 Å². The molecule has 0 radical (unpaired) electrons. The predicted molar refractivity (Wildman–Crippen MR) is 59.9 cm³/mol. The Bertz CT molecular complexity index is 412. The number of nitrogens with zero attached hydrogens (tertiary/aromatic N) is 2. The van der Waals surface area contributed by atoms with Crippen molar-refractivity contribution in [2.45, 2.75) is 18.6 Å². The molecule has 17 heavy (non-hydrogen) atoms. The Labute approximate surface area is 97.0 Å². The summed E-state index contributed by atoms with van der Waals surface area (Å²) in [7, 11) is 0. The topological polar surface area (TPSA) is 149 Å². The number of aliphatic hydroxyl groups excluding tert-OH is 2. The molecule has 0 saturated carbocycles. The Hall–Kier alpha value is -1.77. The summed E-state index contributed by atoms with van der Waals surface area (Å²) >= 11 is 0. The smallest absolute Gasteiger partial charge is 0.310 e. The van der Waals surface area contributed by atoms with Gasteiger partial charge in [0.1, 0.15) is 18.0 Å². The number of nitro groups is 1. The van der Waals surface area contributed by atoms with Crippen LogP contribution in [0.3, 0.4) is 0 Å². The van der Waals surface area contributed by atoms with Gasteiger partial charge in [0, 0.05) is 11.8 Å². The first kappa shape index (κ1) is 13.3. The van der Waals surface area contributed by atoms with E-state index in [1.807, 2.05) is 0 Å². The Kier molecular flexibility index (Phi) is 4.32. The quantitative estimate of drug-likeness (QED) is 0.394. The van der Waals surface area contributed by atoms with E-state index in [-0.39, 0.29) is 24.2 Å². The zero-order chi connectivity index (χ0) is 13.0. The number of hydrogen-bond acceptors (Lipinski definition) is 7. The number of anilines is 1. The standard InChI is InChI=1S/C9H14N4O4/c10-2-1-7(14)9(15)5-3-12-4-6(8(5)11)13(16)17/h3-4,7,9,14-15H,1-2,10H2,(H2,11,12). The molecule has 0 spiro atoms. The first-order chi connectivity index (χ1) is 7.99. The molecule has 1 aromatic rings. The lowest BCUT2D eigenvalue weighted by atomic mass is 10.0. The van der Waals surface area contributed by atoms with Gasteiger partial charge >= 0.3 is 5.69 Å². The molecule has 0 aliphatic rings. The van der Waals surface area contributed by atoms with Gasteiger partial charge in [0.2, 0.25) is 0 Å². The van der Waals surface area contributed by atoms with Crippen LogP contribution in [-0.4, -0.2) is 32.8 Å². The average Bonchev–Trinajstić information content (AvgIpc) is 2.28. The van der Waals surface area contributed by atoms with Gasteiger partial charge < -0.3 is 21.7 Å². The predicted octanol–water partition coefficient (Wildman–Crippen LogP) is -0.685. The highest BCUT2D eigenvalue weighted by molar-refractivity contribution is 5.62. The second kappa shape index (κ2) is 5.53. The van der Waals surface area contributed by atoms with E-state index in [0.29, 0.717) is 0 Å². The van der Waals surface area contributed by atoms with Crippen molar-refractivity contribution < 1.29 is 15.1 Å². The summed E-state index contributed by atoms with van der Waals surface area (Å²) in [6.07, 6.45) is -0.145. The highest BCUT2D eigenvalue weighted by atomic mass is 16.6. The highest BCUT2D eigenvalue weighted by Crippen LogP contribution is 2.30. The number of aliphatic hydroxyl groups is 2. The van der Waals surface area contributed by atoms with Crippen LogP contribution >= 0.6 is 0 Å². The Balaban J connectivity index is 3.06. The third-order valence-corrected chi connectivity index (χ3v) is 2.34. The molecule has 0 bridgehead atoms. The van der Waals surface area contributed by atoms with Crippen LogP contribution in [0.4, 0.5) is 11.4 Å². The summed E-state index contributed by atoms with van der Waals surface area (Å²) in [5.41, 5.74) is 10.2. The van der Waals surface area contributed by atoms with Crippen molar-refractivity contribution in [3.63, 3.8) is 0 Å². The van der Waals surface area contributed by atoms with Gasteiger partial charge in [0.05, 0.1) is 11.0 Å². The molecule has 1 aromatic heterocycles. The van der Waals surface area contributed by atoms with Gasteiger partial charge in [-0.1, -0.05) is 0 Å². The van der Waals surface area contributed by atoms with Crippen molar-refractivity contribution in [3.05, 3.63) is 28.1 Å². The van der Waals surface area contributed by atoms with Crippen LogP contribution in [-0.2, 0) is 0 Å². The monoisotopic (exact) mass is 242 g/mol. The van der Waals surface area contributed by atoms with E-state index in [0.717, 1.165) is 6.20 Å². The molecule has 0 aromatic carbocycles. The van der Waals surface area contributed by atoms with Crippen LogP contribution in [0.15, 0.2) is 12.4 Å². The second-order valence-electron chi connectivity index (χ2n) is 3.51. The minimum atomic E-state index is -1.34. The zero-order valence-corrected chi connectivity index (χ0v) is 8.98. The summed E-state index contributed by atoms with van der Waals surface area (Å²) in [5.74, 6) is 0. The van der Waals surface area contributed by atoms with Gasteiger partial charge in [-0.3, -0.25) is 15.1 Å². The first-order valence-corrected chi connectivity index (χ1v) is 4.93. The van der Waals surface area contributed by atoms with Crippen molar-refractivity contribution >= 4 is 11.4 Å². The van der Waals surface area contributed by atoms with E-state index in [9.17, 15) is 20.3 Å². The zero-order valence-electron chi connectivity index (χ0n) is 8.98. The summed E-state index contributed by atoms with van der Waals surface area (Å²) in [5, 5.41) is 29.9. The first-order valence-electron chi connectivity index (χ1n) is 4.93. The molecule has 2 atom stereocenters. The molecule has 0 fully saturated rings. The Morgan fingerprint density at radius 2 is 2.12 bits per heavy atom. The third-order valence-electron chi connectivity index (χ3n) is 2.34. The van der Waals surface area contributed by atoms with E-state index in [4.69, 9.17) is 11.5 Å². The molecule has 0 amide bonds. The van der Waals surface area contributed by atoms with E-state index in [1.165, 1.54) is 6.20 Å². The van der Waals surface area contributed by atoms with Gasteiger partial charge in [-0.2, -0.15) is 0 Å². The number of aromatic nitrogens is 1. The van der Waals surface area contributed by atoms with E-state index in [1.54, 1.807) is 0 Å². The fourth-order valence-electron chi connectivity index (χ4n) is 1.39. The lowest BCUT2D eigenvalue weighted by Crippen LogP contribution is -2.23. The maximum atomic E-state index is 10.6. The molecule has 8 heteroatoms. The van der Waals surface area contributed by atoms with Crippen LogP contribution in [0.1, 0.15) is 18.1 Å². The van der Waals surface area contributed by atoms with Gasteiger partial charge in [-0.25, -0.2) is 0 Å². The molecule has 6 N–H and O–H groups in total. The van der Waals surface area contributed by atoms with Gasteiger partial charge in [-0.15, -0.1) is 0 Å². The summed E-state index contributed by atoms with van der Waals surface area (Å²) < 4.78 is 0. The molecule has 2 unspecified atom stereocenters. The van der Waals surface area contributed by atoms with E-state index in [2.05, 4.69) is 4.98 Å². The number of hydrogen-bond donors (Lipinski definition) is 4. The van der Waals surface area contributed by atoms with Crippen molar-refractivity contribution in [2.75, 3.05) is 12.3 Å². The van der Waals surface area contributed by atoms with Crippen LogP contribution in [0.25, 0.3) is 0 Å². The molecular weight excluding hydrogens is 228 g/mol. The number of nitrogens with two attached hydrogens (primary N) is 2. The van der Waals surface area contributed by atoms with Crippen molar-refractivity contribution in [2.24, 2.45) is 5.73 Å². The minimum Gasteiger partial charge on any atom is -0.393 e. The molecule has 94 valence electrons. The van der Waals surface area contributed by atoms with Crippen molar-refractivity contribution in [1.82, 2.24) is 4.98 Å². The van der Waals surface area contributed by atoms with Gasteiger partial charge in [0.15, 0.2) is 0 Å². The second-order valence-corrected chi connectivity index (χ2v) is 3.51. The molecule has 0 aliphatic carbocycles. The molecule has 1 heterocycles. The fraction of sp³-hybridized carbons (Fsp3) is 0.444. The average molecular weight is 242 g/mol. The van der Waals surface area contributed by atoms with Crippen LogP contribution in [0.5, 0.6) is 0 Å². The maximum absolute atomic E-state index is 10.6. The Morgan fingerprint density at radius 1 is 1.47 bits per heavy atom. The molecule has 8 nitrogen and oxygen atoms in total. The lowest BCUT2D eigenvalue weighted by Gasteiger charge is -2.18. The van der Waals surface area contributed by atoms with Crippen LogP contribution in [0, 0.1) is 10.1 Å². The number of rotatable bonds is 5. The summed E-state index contributed by atoms with van der Waals surface area (Å²) in [6, 6.07) is 0. The van der Waals surface area contributed by atoms with Crippen molar-refractivity contribution in [3.8, 4) is 0 Å². The minimum absolute atomic E-state index is 0.0279. The maximum Gasteiger partial charge on any atom is 0.310 e. The van der Waals surface area contributed by atoms with Crippen LogP contribution < -0.4 is 11.5 Å². The Morgan fingerprint density at radius 3 is 2.65 bits per heavy atom. The molecule has 0 aliphatic heterocycles. The molecule has 0 saturated heterocycles. The third kappa shape index (κ3) is 2.87. The summed E-state index contributed by atoms with van der Waals surface area (Å²) in [6.45, 7) is 0.181. The largest absolute Gasteiger partial charge is 0.393 e. The van der Waals surface area contributed by atoms with Crippen LogP contribution in [0.2, 0.25) is 0 Å². The molecule has 1 rings (SSSR count). The van der Waals surface area contributed by atoms with Crippen molar-refractivity contribution in [1.29, 1.82) is 0 Å². The highest BCUT2D eigenvalue weighted by Gasteiger charge is 2.24. The van der Waals surface area contributed by atoms with E-state index < -0.39 is 22.8 Å².